The zero-order valence-electron chi connectivity index (χ0n) is 30.4. The summed E-state index contributed by atoms with van der Waals surface area (Å²) in [4.78, 5) is 15.1. The zero-order valence-corrected chi connectivity index (χ0v) is 31.2. The van der Waals surface area contributed by atoms with Crippen LogP contribution in [0, 0.1) is 0 Å². The first kappa shape index (κ1) is 31.9. The van der Waals surface area contributed by atoms with Gasteiger partial charge in [0.1, 0.15) is 11.2 Å². The van der Waals surface area contributed by atoms with Crippen molar-refractivity contribution >= 4 is 75.3 Å². The first-order valence-electron chi connectivity index (χ1n) is 19.0. The van der Waals surface area contributed by atoms with Gasteiger partial charge < -0.3 is 8.98 Å². The Kier molecular flexibility index (Phi) is 7.03. The monoisotopic (exact) mass is 746 g/mol. The van der Waals surface area contributed by atoms with Crippen LogP contribution in [0.2, 0.25) is 0 Å². The molecule has 0 saturated heterocycles. The molecular formula is C51H30N4OS. The SMILES string of the molecule is c1ccc(-c2nc(-c3ccccc3)nc(-c3cccc4c3sc3cccc(-c5ccc6c(c5)oc5cc(-n7c8ccccc8c8ccccc87)ccc56)c34)n2)cc1. The van der Waals surface area contributed by atoms with Crippen molar-refractivity contribution in [2.24, 2.45) is 0 Å². The number of rotatable bonds is 5. The summed E-state index contributed by atoms with van der Waals surface area (Å²) in [5.74, 6) is 1.96. The number of aromatic nitrogens is 4. The summed E-state index contributed by atoms with van der Waals surface area (Å²) >= 11 is 1.78. The Morgan fingerprint density at radius 2 is 0.965 bits per heavy atom. The standard InChI is InChI=1S/C51H30N4OS/c1-3-13-31(14-4-1)49-52-50(32-15-5-2-6-16-32)54-51(53-49)41-21-11-20-40-47-35(19-12-24-46(47)57-48(40)41)33-25-27-38-39-28-26-34(30-45(39)56-44(38)29-33)55-42-22-9-7-17-36(42)37-18-8-10-23-43(37)55/h1-30H. The molecule has 12 rings (SSSR count). The minimum atomic E-state index is 0.652. The molecule has 0 radical (unpaired) electrons. The van der Waals surface area contributed by atoms with Crippen LogP contribution in [0.15, 0.2) is 186 Å². The highest BCUT2D eigenvalue weighted by atomic mass is 32.1. The second-order valence-corrected chi connectivity index (χ2v) is 15.4. The predicted molar refractivity (Wildman–Crippen MR) is 236 cm³/mol. The minimum absolute atomic E-state index is 0.652. The number of nitrogens with zero attached hydrogens (tertiary/aromatic N) is 4. The van der Waals surface area contributed by atoms with Crippen molar-refractivity contribution in [2.45, 2.75) is 0 Å². The van der Waals surface area contributed by atoms with Gasteiger partial charge in [-0.3, -0.25) is 0 Å². The molecule has 5 nitrogen and oxygen atoms in total. The molecule has 4 heterocycles. The number of benzene rings is 8. The first-order valence-corrected chi connectivity index (χ1v) is 19.8. The van der Waals surface area contributed by atoms with Gasteiger partial charge in [0.15, 0.2) is 17.5 Å². The lowest BCUT2D eigenvalue weighted by molar-refractivity contribution is 0.669. The van der Waals surface area contributed by atoms with E-state index in [0.29, 0.717) is 17.5 Å². The molecule has 0 unspecified atom stereocenters. The van der Waals surface area contributed by atoms with Crippen LogP contribution >= 0.6 is 11.3 Å². The fourth-order valence-corrected chi connectivity index (χ4v) is 9.70. The highest BCUT2D eigenvalue weighted by molar-refractivity contribution is 7.26. The number of hydrogen-bond acceptors (Lipinski definition) is 5. The molecule has 6 heteroatoms. The van der Waals surface area contributed by atoms with Crippen LogP contribution in [0.5, 0.6) is 0 Å². The average Bonchev–Trinajstić information content (AvgIpc) is 3.96. The van der Waals surface area contributed by atoms with Gasteiger partial charge in [0.2, 0.25) is 0 Å². The van der Waals surface area contributed by atoms with Crippen LogP contribution < -0.4 is 0 Å². The normalized spacial score (nSPS) is 11.9. The van der Waals surface area contributed by atoms with Crippen LogP contribution in [0.25, 0.3) is 115 Å². The van der Waals surface area contributed by atoms with Crippen LogP contribution in [0.1, 0.15) is 0 Å². The van der Waals surface area contributed by atoms with Crippen molar-refractivity contribution in [2.75, 3.05) is 0 Å². The van der Waals surface area contributed by atoms with Crippen molar-refractivity contribution in [1.82, 2.24) is 19.5 Å². The van der Waals surface area contributed by atoms with E-state index < -0.39 is 0 Å². The van der Waals surface area contributed by atoms with Crippen molar-refractivity contribution in [3.8, 4) is 51.0 Å². The Morgan fingerprint density at radius 3 is 1.67 bits per heavy atom. The topological polar surface area (TPSA) is 56.7 Å². The Hall–Kier alpha value is -7.41. The van der Waals surface area contributed by atoms with E-state index >= 15 is 0 Å². The average molecular weight is 747 g/mol. The van der Waals surface area contributed by atoms with E-state index in [2.05, 4.69) is 126 Å². The second-order valence-electron chi connectivity index (χ2n) is 14.4. The van der Waals surface area contributed by atoms with Crippen molar-refractivity contribution in [3.63, 3.8) is 0 Å². The molecule has 0 fully saturated rings. The Bertz CT molecular complexity index is 3420. The molecule has 0 spiro atoms. The Balaban J connectivity index is 0.995. The van der Waals surface area contributed by atoms with Crippen molar-refractivity contribution in [1.29, 1.82) is 0 Å². The molecule has 0 aliphatic rings. The van der Waals surface area contributed by atoms with Crippen LogP contribution in [0.3, 0.4) is 0 Å². The van der Waals surface area contributed by atoms with Gasteiger partial charge in [-0.1, -0.05) is 127 Å². The number of hydrogen-bond donors (Lipinski definition) is 0. The van der Waals surface area contributed by atoms with E-state index in [-0.39, 0.29) is 0 Å². The summed E-state index contributed by atoms with van der Waals surface area (Å²) in [5, 5.41) is 7.08. The van der Waals surface area contributed by atoms with Gasteiger partial charge in [-0.05, 0) is 59.7 Å². The molecule has 12 aromatic rings. The molecule has 8 aromatic carbocycles. The van der Waals surface area contributed by atoms with E-state index in [1.807, 2.05) is 60.7 Å². The quantitative estimate of drug-likeness (QED) is 0.176. The van der Waals surface area contributed by atoms with Gasteiger partial charge in [-0.2, -0.15) is 0 Å². The fraction of sp³-hybridized carbons (Fsp3) is 0. The third kappa shape index (κ3) is 5.04. The van der Waals surface area contributed by atoms with Gasteiger partial charge >= 0.3 is 0 Å². The van der Waals surface area contributed by atoms with Crippen LogP contribution in [-0.2, 0) is 0 Å². The molecule has 0 aliphatic carbocycles. The largest absolute Gasteiger partial charge is 0.456 e. The third-order valence-electron chi connectivity index (χ3n) is 11.1. The molecule has 57 heavy (non-hydrogen) atoms. The molecule has 4 aromatic heterocycles. The molecule has 0 aliphatic heterocycles. The molecule has 266 valence electrons. The summed E-state index contributed by atoms with van der Waals surface area (Å²) < 4.78 is 11.4. The number of furan rings is 1. The third-order valence-corrected chi connectivity index (χ3v) is 12.3. The van der Waals surface area contributed by atoms with Gasteiger partial charge in [-0.25, -0.2) is 15.0 Å². The van der Waals surface area contributed by atoms with E-state index in [1.165, 1.54) is 37.3 Å². The maximum Gasteiger partial charge on any atom is 0.165 e. The predicted octanol–water partition coefficient (Wildman–Crippen LogP) is 13.9. The maximum absolute atomic E-state index is 6.70. The summed E-state index contributed by atoms with van der Waals surface area (Å²) in [7, 11) is 0. The minimum Gasteiger partial charge on any atom is -0.456 e. The summed E-state index contributed by atoms with van der Waals surface area (Å²) in [6.07, 6.45) is 0. The van der Waals surface area contributed by atoms with E-state index in [1.54, 1.807) is 11.3 Å². The van der Waals surface area contributed by atoms with Gasteiger partial charge in [-0.15, -0.1) is 11.3 Å². The van der Waals surface area contributed by atoms with Gasteiger partial charge in [0.05, 0.1) is 11.0 Å². The number of para-hydroxylation sites is 2. The molecule has 0 atom stereocenters. The molecule has 0 amide bonds. The highest BCUT2D eigenvalue weighted by Gasteiger charge is 2.20. The van der Waals surface area contributed by atoms with Crippen LogP contribution in [-0.4, -0.2) is 19.5 Å². The Morgan fingerprint density at radius 1 is 0.404 bits per heavy atom. The maximum atomic E-state index is 6.70. The van der Waals surface area contributed by atoms with Gasteiger partial charge in [0.25, 0.3) is 0 Å². The lowest BCUT2D eigenvalue weighted by Crippen LogP contribution is -2.00. The van der Waals surface area contributed by atoms with E-state index in [0.717, 1.165) is 60.1 Å². The zero-order chi connectivity index (χ0) is 37.5. The van der Waals surface area contributed by atoms with Gasteiger partial charge in [0, 0.05) is 70.2 Å². The smallest absolute Gasteiger partial charge is 0.165 e. The lowest BCUT2D eigenvalue weighted by atomic mass is 9.97. The highest BCUT2D eigenvalue weighted by Crippen LogP contribution is 2.45. The first-order chi connectivity index (χ1) is 28.2. The summed E-state index contributed by atoms with van der Waals surface area (Å²) in [6.45, 7) is 0. The summed E-state index contributed by atoms with van der Waals surface area (Å²) in [5.41, 5.74) is 10.3. The van der Waals surface area contributed by atoms with Crippen molar-refractivity contribution < 1.29 is 4.42 Å². The summed E-state index contributed by atoms with van der Waals surface area (Å²) in [6, 6.07) is 63.7. The van der Waals surface area contributed by atoms with Crippen molar-refractivity contribution in [3.05, 3.63) is 182 Å². The fourth-order valence-electron chi connectivity index (χ4n) is 8.47. The van der Waals surface area contributed by atoms with E-state index in [4.69, 9.17) is 19.4 Å². The molecular weight excluding hydrogens is 717 g/mol. The Labute approximate surface area is 330 Å². The molecule has 0 bridgehead atoms. The van der Waals surface area contributed by atoms with Crippen LogP contribution in [0.4, 0.5) is 0 Å². The number of fused-ring (bicyclic) bond motifs is 9. The van der Waals surface area contributed by atoms with E-state index in [9.17, 15) is 0 Å². The number of thiophene rings is 1. The molecule has 0 saturated carbocycles. The second kappa shape index (κ2) is 12.6. The molecule has 0 N–H and O–H groups in total. The lowest BCUT2D eigenvalue weighted by Gasteiger charge is -2.09.